The molecule has 2 saturated heterocycles. The molecule has 39 heavy (non-hydrogen) atoms. The largest absolute Gasteiger partial charge is 0.493 e. The highest BCUT2D eigenvalue weighted by Gasteiger charge is 2.29. The molecule has 0 spiro atoms. The average Bonchev–Trinajstić information content (AvgIpc) is 2.90. The Morgan fingerprint density at radius 2 is 1.51 bits per heavy atom. The van der Waals surface area contributed by atoms with Crippen molar-refractivity contribution in [3.8, 4) is 5.75 Å². The van der Waals surface area contributed by atoms with Crippen molar-refractivity contribution in [2.75, 3.05) is 39.3 Å². The smallest absolute Gasteiger partial charge is 0.274 e. The van der Waals surface area contributed by atoms with Crippen LogP contribution in [0.15, 0.2) is 48.5 Å². The third-order valence-corrected chi connectivity index (χ3v) is 7.98. The first-order valence-electron chi connectivity index (χ1n) is 14.2. The predicted molar refractivity (Wildman–Crippen MR) is 152 cm³/mol. The lowest BCUT2D eigenvalue weighted by atomic mass is 9.97. The van der Waals surface area contributed by atoms with E-state index >= 15 is 0 Å². The van der Waals surface area contributed by atoms with Crippen LogP contribution in [0.4, 0.5) is 4.39 Å². The molecule has 0 saturated carbocycles. The number of hydrogen-bond donors (Lipinski definition) is 2. The van der Waals surface area contributed by atoms with Crippen LogP contribution in [-0.4, -0.2) is 82.9 Å². The summed E-state index contributed by atoms with van der Waals surface area (Å²) in [6, 6.07) is 16.7. The van der Waals surface area contributed by atoms with Gasteiger partial charge in [-0.15, -0.1) is 0 Å². The van der Waals surface area contributed by atoms with Crippen LogP contribution < -0.4 is 10.2 Å². The summed E-state index contributed by atoms with van der Waals surface area (Å²) in [6.07, 6.45) is 2.12. The number of carbonyl (C=O) groups is 1. The van der Waals surface area contributed by atoms with E-state index in [4.69, 9.17) is 9.94 Å². The molecule has 2 aromatic carbocycles. The van der Waals surface area contributed by atoms with Gasteiger partial charge in [0.1, 0.15) is 11.4 Å². The maximum absolute atomic E-state index is 13.9. The van der Waals surface area contributed by atoms with Crippen LogP contribution in [0.5, 0.6) is 5.75 Å². The number of carbonyl (C=O) groups excluding carboxylic acids is 1. The zero-order valence-corrected chi connectivity index (χ0v) is 23.9. The second-order valence-electron chi connectivity index (χ2n) is 12.1. The molecule has 2 aliphatic rings. The maximum Gasteiger partial charge on any atom is 0.274 e. The molecule has 0 aromatic heterocycles. The summed E-state index contributed by atoms with van der Waals surface area (Å²) >= 11 is 0. The van der Waals surface area contributed by atoms with E-state index in [2.05, 4.69) is 52.8 Å². The first-order valence-corrected chi connectivity index (χ1v) is 14.2. The van der Waals surface area contributed by atoms with Gasteiger partial charge < -0.3 is 9.64 Å². The van der Waals surface area contributed by atoms with Gasteiger partial charge in [0.15, 0.2) is 0 Å². The molecule has 2 heterocycles. The lowest BCUT2D eigenvalue weighted by Gasteiger charge is -2.44. The molecular weight excluding hydrogens is 495 g/mol. The summed E-state index contributed by atoms with van der Waals surface area (Å²) in [5, 5.41) is 8.80. The maximum atomic E-state index is 13.9. The minimum absolute atomic E-state index is 0.415. The lowest BCUT2D eigenvalue weighted by Crippen LogP contribution is -2.55. The zero-order valence-electron chi connectivity index (χ0n) is 23.9. The summed E-state index contributed by atoms with van der Waals surface area (Å²) in [5.41, 5.74) is 3.43. The Kier molecular flexibility index (Phi) is 9.99. The van der Waals surface area contributed by atoms with E-state index in [0.29, 0.717) is 30.1 Å². The number of rotatable bonds is 10. The third kappa shape index (κ3) is 8.73. The molecule has 4 rings (SSSR count). The molecule has 0 bridgehead atoms. The highest BCUT2D eigenvalue weighted by atomic mass is 19.1. The summed E-state index contributed by atoms with van der Waals surface area (Å²) in [5.74, 6) is 0.951. The Balaban J connectivity index is 1.21. The number of benzene rings is 2. The van der Waals surface area contributed by atoms with Gasteiger partial charge in [-0.3, -0.25) is 19.8 Å². The number of amides is 1. The van der Waals surface area contributed by atoms with Crippen LogP contribution in [-0.2, 0) is 13.1 Å². The Hall–Kier alpha value is -2.52. The van der Waals surface area contributed by atoms with Crippen molar-refractivity contribution in [1.82, 2.24) is 20.2 Å². The standard InChI is InChI=1S/C31H45FN4O3/c1-23-17-35(19-25-5-9-28(10-6-25)30(37)33-38)18-24(2)36(23)20-26-7-11-29(12-8-26)39-21-27-13-15-34(16-14-27)22-31(3,4)32/h5-12,23-24,27,38H,13-22H2,1-4H3,(H,33,37). The van der Waals surface area contributed by atoms with Gasteiger partial charge in [-0.25, -0.2) is 9.87 Å². The van der Waals surface area contributed by atoms with E-state index in [-0.39, 0.29) is 0 Å². The Morgan fingerprint density at radius 3 is 2.08 bits per heavy atom. The van der Waals surface area contributed by atoms with Gasteiger partial charge in [0.2, 0.25) is 0 Å². The second-order valence-corrected chi connectivity index (χ2v) is 12.1. The zero-order chi connectivity index (χ0) is 28.0. The normalized spacial score (nSPS) is 22.1. The van der Waals surface area contributed by atoms with E-state index in [1.54, 1.807) is 31.5 Å². The van der Waals surface area contributed by atoms with Crippen LogP contribution in [0.25, 0.3) is 0 Å². The van der Waals surface area contributed by atoms with Crippen LogP contribution in [0.1, 0.15) is 62.0 Å². The minimum atomic E-state index is -1.13. The van der Waals surface area contributed by atoms with Gasteiger partial charge in [-0.1, -0.05) is 24.3 Å². The molecule has 8 heteroatoms. The fraction of sp³-hybridized carbons (Fsp3) is 0.581. The van der Waals surface area contributed by atoms with Gasteiger partial charge in [0.05, 0.1) is 6.61 Å². The molecular formula is C31H45FN4O3. The van der Waals surface area contributed by atoms with Crippen molar-refractivity contribution in [3.05, 3.63) is 65.2 Å². The number of ether oxygens (including phenoxy) is 1. The number of alkyl halides is 1. The first-order chi connectivity index (χ1) is 18.6. The molecule has 2 fully saturated rings. The molecule has 7 nitrogen and oxygen atoms in total. The molecule has 2 aromatic rings. The van der Waals surface area contributed by atoms with Crippen molar-refractivity contribution in [2.24, 2.45) is 5.92 Å². The monoisotopic (exact) mass is 540 g/mol. The van der Waals surface area contributed by atoms with Crippen molar-refractivity contribution < 1.29 is 19.1 Å². The first kappa shape index (κ1) is 29.5. The topological polar surface area (TPSA) is 68.3 Å². The number of nitrogens with one attached hydrogen (secondary N) is 1. The number of nitrogens with zero attached hydrogens (tertiary/aromatic N) is 3. The van der Waals surface area contributed by atoms with E-state index in [1.165, 1.54) is 5.56 Å². The van der Waals surface area contributed by atoms with E-state index < -0.39 is 11.6 Å². The molecule has 214 valence electrons. The van der Waals surface area contributed by atoms with Crippen molar-refractivity contribution >= 4 is 5.91 Å². The highest BCUT2D eigenvalue weighted by molar-refractivity contribution is 5.93. The average molecular weight is 541 g/mol. The summed E-state index contributed by atoms with van der Waals surface area (Å²) < 4.78 is 20.0. The Morgan fingerprint density at radius 1 is 0.949 bits per heavy atom. The van der Waals surface area contributed by atoms with Crippen LogP contribution in [0.2, 0.25) is 0 Å². The van der Waals surface area contributed by atoms with Gasteiger partial charge in [0.25, 0.3) is 5.91 Å². The molecule has 2 N–H and O–H groups in total. The van der Waals surface area contributed by atoms with Crippen LogP contribution in [0, 0.1) is 5.92 Å². The molecule has 0 radical (unpaired) electrons. The number of hydroxylamine groups is 1. The van der Waals surface area contributed by atoms with Gasteiger partial charge in [0, 0.05) is 50.4 Å². The number of halogens is 1. The minimum Gasteiger partial charge on any atom is -0.493 e. The summed E-state index contributed by atoms with van der Waals surface area (Å²) in [6.45, 7) is 14.7. The summed E-state index contributed by atoms with van der Waals surface area (Å²) in [4.78, 5) is 18.8. The van der Waals surface area contributed by atoms with Crippen LogP contribution in [0.3, 0.4) is 0 Å². The fourth-order valence-electron chi connectivity index (χ4n) is 5.95. The van der Waals surface area contributed by atoms with E-state index in [1.807, 2.05) is 12.1 Å². The Labute approximate surface area is 232 Å². The number of hydrogen-bond acceptors (Lipinski definition) is 6. The lowest BCUT2D eigenvalue weighted by molar-refractivity contribution is 0.0290. The second kappa shape index (κ2) is 13.2. The van der Waals surface area contributed by atoms with Gasteiger partial charge in [-0.05, 0) is 94.9 Å². The molecule has 2 atom stereocenters. The SMILES string of the molecule is CC1CN(Cc2ccc(C(=O)NO)cc2)CC(C)N1Cc1ccc(OCC2CCN(CC(C)(C)F)CC2)cc1. The van der Waals surface area contributed by atoms with Crippen molar-refractivity contribution in [1.29, 1.82) is 0 Å². The van der Waals surface area contributed by atoms with Crippen molar-refractivity contribution in [2.45, 2.75) is 71.4 Å². The molecule has 2 aliphatic heterocycles. The number of piperazine rings is 1. The van der Waals surface area contributed by atoms with Gasteiger partial charge in [-0.2, -0.15) is 0 Å². The third-order valence-electron chi connectivity index (χ3n) is 7.98. The quantitative estimate of drug-likeness (QED) is 0.335. The Bertz CT molecular complexity index is 1040. The molecule has 0 aliphatic carbocycles. The molecule has 1 amide bonds. The molecule has 2 unspecified atom stereocenters. The summed E-state index contributed by atoms with van der Waals surface area (Å²) in [7, 11) is 0. The number of piperidine rings is 1. The van der Waals surface area contributed by atoms with E-state index in [9.17, 15) is 9.18 Å². The van der Waals surface area contributed by atoms with Crippen LogP contribution >= 0.6 is 0 Å². The fourth-order valence-corrected chi connectivity index (χ4v) is 5.95. The highest BCUT2D eigenvalue weighted by Crippen LogP contribution is 2.24. The van der Waals surface area contributed by atoms with E-state index in [0.717, 1.165) is 70.0 Å². The van der Waals surface area contributed by atoms with Gasteiger partial charge >= 0.3 is 0 Å². The van der Waals surface area contributed by atoms with Crippen molar-refractivity contribution in [3.63, 3.8) is 0 Å². The number of likely N-dealkylation sites (tertiary alicyclic amines) is 1. The predicted octanol–water partition coefficient (Wildman–Crippen LogP) is 4.74.